The number of nitrogens with zero attached hydrogens (tertiary/aromatic N) is 1. The van der Waals surface area contributed by atoms with Crippen LogP contribution >= 0.6 is 0 Å². The predicted octanol–water partition coefficient (Wildman–Crippen LogP) is 2.75. The fourth-order valence-corrected chi connectivity index (χ4v) is 5.68. The Bertz CT molecular complexity index is 554. The SMILES string of the molecule is CN1CC[C@]23c4c5cccc4O[C@H]2CCCC3[C@H]1C5. The van der Waals surface area contributed by atoms with Crippen molar-refractivity contribution in [3.8, 4) is 5.75 Å². The van der Waals surface area contributed by atoms with Crippen LogP contribution in [0.2, 0.25) is 0 Å². The summed E-state index contributed by atoms with van der Waals surface area (Å²) in [5.74, 6) is 2.05. The highest BCUT2D eigenvalue weighted by Gasteiger charge is 2.62. The van der Waals surface area contributed by atoms with Crippen LogP contribution in [0.25, 0.3) is 0 Å². The number of likely N-dealkylation sites (N-methyl/N-ethyl adjacent to an activating group) is 1. The first-order valence-electron chi connectivity index (χ1n) is 7.80. The molecule has 0 amide bonds. The van der Waals surface area contributed by atoms with Gasteiger partial charge in [0.15, 0.2) is 0 Å². The number of hydrogen-bond acceptors (Lipinski definition) is 2. The largest absolute Gasteiger partial charge is 0.489 e. The molecule has 2 heterocycles. The molecule has 0 N–H and O–H groups in total. The Morgan fingerprint density at radius 2 is 2.26 bits per heavy atom. The summed E-state index contributed by atoms with van der Waals surface area (Å²) in [6, 6.07) is 7.50. The maximum atomic E-state index is 6.40. The zero-order valence-electron chi connectivity index (χ0n) is 11.6. The third kappa shape index (κ3) is 1.10. The average Bonchev–Trinajstić information content (AvgIpc) is 2.76. The monoisotopic (exact) mass is 255 g/mol. The minimum Gasteiger partial charge on any atom is -0.489 e. The number of ether oxygens (including phenoxy) is 1. The summed E-state index contributed by atoms with van der Waals surface area (Å²) < 4.78 is 6.40. The molecule has 2 heteroatoms. The Labute approximate surface area is 114 Å². The molecular weight excluding hydrogens is 234 g/mol. The molecule has 1 saturated heterocycles. The van der Waals surface area contributed by atoms with Crippen molar-refractivity contribution >= 4 is 0 Å². The number of hydrogen-bond donors (Lipinski definition) is 0. The highest BCUT2D eigenvalue weighted by Crippen LogP contribution is 2.61. The molecule has 5 rings (SSSR count). The Kier molecular flexibility index (Phi) is 1.89. The van der Waals surface area contributed by atoms with E-state index in [0.717, 1.165) is 12.0 Å². The van der Waals surface area contributed by atoms with Gasteiger partial charge in [-0.15, -0.1) is 0 Å². The molecule has 4 atom stereocenters. The van der Waals surface area contributed by atoms with Gasteiger partial charge in [-0.25, -0.2) is 0 Å². The van der Waals surface area contributed by atoms with E-state index >= 15 is 0 Å². The zero-order valence-corrected chi connectivity index (χ0v) is 11.6. The third-order valence-corrected chi connectivity index (χ3v) is 6.40. The summed E-state index contributed by atoms with van der Waals surface area (Å²) in [5, 5.41) is 0. The van der Waals surface area contributed by atoms with E-state index in [4.69, 9.17) is 4.74 Å². The molecular formula is C17H21NO. The lowest BCUT2D eigenvalue weighted by molar-refractivity contribution is -0.0425. The van der Waals surface area contributed by atoms with E-state index in [9.17, 15) is 0 Å². The van der Waals surface area contributed by atoms with Gasteiger partial charge in [0, 0.05) is 17.0 Å². The van der Waals surface area contributed by atoms with Crippen molar-refractivity contribution in [2.24, 2.45) is 5.92 Å². The topological polar surface area (TPSA) is 12.5 Å². The van der Waals surface area contributed by atoms with Crippen molar-refractivity contribution in [2.75, 3.05) is 13.6 Å². The van der Waals surface area contributed by atoms with Gasteiger partial charge in [0.2, 0.25) is 0 Å². The molecule has 2 bridgehead atoms. The van der Waals surface area contributed by atoms with Crippen LogP contribution in [0, 0.1) is 5.92 Å². The van der Waals surface area contributed by atoms with Crippen molar-refractivity contribution in [3.63, 3.8) is 0 Å². The standard InChI is InChI=1S/C17H21NO/c1-18-9-8-17-12-5-3-7-15(17)19-14-6-2-4-11(16(14)17)10-13(12)18/h2,4,6,12-13,15H,3,5,7-10H2,1H3/t12?,13-,15+,17-/m1/s1. The molecule has 19 heavy (non-hydrogen) atoms. The van der Waals surface area contributed by atoms with Crippen LogP contribution in [0.4, 0.5) is 0 Å². The molecule has 1 unspecified atom stereocenters. The molecule has 1 saturated carbocycles. The molecule has 0 aromatic heterocycles. The van der Waals surface area contributed by atoms with Crippen LogP contribution in [0.15, 0.2) is 18.2 Å². The van der Waals surface area contributed by atoms with E-state index in [-0.39, 0.29) is 0 Å². The number of piperidine rings is 1. The predicted molar refractivity (Wildman–Crippen MR) is 74.6 cm³/mol. The van der Waals surface area contributed by atoms with Crippen molar-refractivity contribution in [3.05, 3.63) is 29.3 Å². The second kappa shape index (κ2) is 3.35. The van der Waals surface area contributed by atoms with Gasteiger partial charge in [-0.1, -0.05) is 12.1 Å². The number of likely N-dealkylation sites (tertiary alicyclic amines) is 1. The third-order valence-electron chi connectivity index (χ3n) is 6.40. The van der Waals surface area contributed by atoms with Gasteiger partial charge in [-0.05, 0) is 63.2 Å². The Hall–Kier alpha value is -1.02. The van der Waals surface area contributed by atoms with Gasteiger partial charge >= 0.3 is 0 Å². The zero-order chi connectivity index (χ0) is 12.6. The number of rotatable bonds is 0. The number of benzene rings is 1. The van der Waals surface area contributed by atoms with Gasteiger partial charge in [0.1, 0.15) is 11.9 Å². The lowest BCUT2D eigenvalue weighted by atomic mass is 9.52. The van der Waals surface area contributed by atoms with Gasteiger partial charge in [-0.3, -0.25) is 0 Å². The lowest BCUT2D eigenvalue weighted by Crippen LogP contribution is -2.63. The van der Waals surface area contributed by atoms with Crippen molar-refractivity contribution < 1.29 is 4.74 Å². The summed E-state index contributed by atoms with van der Waals surface area (Å²) in [4.78, 5) is 2.62. The molecule has 4 aliphatic rings. The molecule has 0 radical (unpaired) electrons. The van der Waals surface area contributed by atoms with Gasteiger partial charge < -0.3 is 9.64 Å². The van der Waals surface area contributed by atoms with Gasteiger partial charge in [0.25, 0.3) is 0 Å². The maximum absolute atomic E-state index is 6.40. The van der Waals surface area contributed by atoms with Crippen LogP contribution < -0.4 is 4.74 Å². The molecule has 1 spiro atoms. The van der Waals surface area contributed by atoms with Crippen LogP contribution in [0.1, 0.15) is 36.8 Å². The van der Waals surface area contributed by atoms with Crippen molar-refractivity contribution in [2.45, 2.75) is 49.7 Å². The smallest absolute Gasteiger partial charge is 0.123 e. The first-order chi connectivity index (χ1) is 9.30. The van der Waals surface area contributed by atoms with E-state index in [1.165, 1.54) is 44.4 Å². The highest BCUT2D eigenvalue weighted by molar-refractivity contribution is 5.54. The van der Waals surface area contributed by atoms with Crippen LogP contribution in [0.5, 0.6) is 5.75 Å². The van der Waals surface area contributed by atoms with Crippen LogP contribution in [-0.2, 0) is 11.8 Å². The molecule has 2 aliphatic carbocycles. The Morgan fingerprint density at radius 3 is 3.21 bits per heavy atom. The first kappa shape index (κ1) is 10.7. The highest BCUT2D eigenvalue weighted by atomic mass is 16.5. The Morgan fingerprint density at radius 1 is 1.32 bits per heavy atom. The minimum atomic E-state index is 0.375. The summed E-state index contributed by atoms with van der Waals surface area (Å²) in [5.41, 5.74) is 3.57. The minimum absolute atomic E-state index is 0.375. The summed E-state index contributed by atoms with van der Waals surface area (Å²) >= 11 is 0. The molecule has 1 aromatic carbocycles. The van der Waals surface area contributed by atoms with E-state index in [1.54, 1.807) is 11.1 Å². The fourth-order valence-electron chi connectivity index (χ4n) is 5.68. The summed E-state index contributed by atoms with van der Waals surface area (Å²) in [6.45, 7) is 1.24. The molecule has 2 fully saturated rings. The van der Waals surface area contributed by atoms with E-state index in [1.807, 2.05) is 0 Å². The van der Waals surface area contributed by atoms with Crippen LogP contribution in [-0.4, -0.2) is 30.6 Å². The van der Waals surface area contributed by atoms with Crippen molar-refractivity contribution in [1.29, 1.82) is 0 Å². The molecule has 2 nitrogen and oxygen atoms in total. The molecule has 1 aromatic rings. The lowest BCUT2D eigenvalue weighted by Gasteiger charge is -2.57. The van der Waals surface area contributed by atoms with E-state index < -0.39 is 0 Å². The summed E-state index contributed by atoms with van der Waals surface area (Å²) in [7, 11) is 2.33. The van der Waals surface area contributed by atoms with Crippen LogP contribution in [0.3, 0.4) is 0 Å². The molecule has 2 aliphatic heterocycles. The fraction of sp³-hybridized carbons (Fsp3) is 0.647. The van der Waals surface area contributed by atoms with E-state index in [0.29, 0.717) is 11.5 Å². The quantitative estimate of drug-likeness (QED) is 0.707. The normalized spacial score (nSPS) is 42.7. The van der Waals surface area contributed by atoms with Crippen molar-refractivity contribution in [1.82, 2.24) is 4.90 Å². The Balaban J connectivity index is 1.81. The van der Waals surface area contributed by atoms with Gasteiger partial charge in [-0.2, -0.15) is 0 Å². The molecule has 100 valence electrons. The average molecular weight is 255 g/mol. The maximum Gasteiger partial charge on any atom is 0.123 e. The van der Waals surface area contributed by atoms with Gasteiger partial charge in [0.05, 0.1) is 0 Å². The summed E-state index contributed by atoms with van der Waals surface area (Å²) in [6.07, 6.45) is 7.04. The second-order valence-electron chi connectivity index (χ2n) is 6.98. The second-order valence-corrected chi connectivity index (χ2v) is 6.98. The first-order valence-corrected chi connectivity index (χ1v) is 7.80. The van der Waals surface area contributed by atoms with E-state index in [2.05, 4.69) is 30.1 Å².